The Kier molecular flexibility index (Phi) is 7.31. The number of anilines is 1. The number of hydrogen-bond donors (Lipinski definition) is 2. The van der Waals surface area contributed by atoms with Gasteiger partial charge in [0.25, 0.3) is 0 Å². The van der Waals surface area contributed by atoms with Gasteiger partial charge in [-0.2, -0.15) is 0 Å². The van der Waals surface area contributed by atoms with E-state index < -0.39 is 0 Å². The quantitative estimate of drug-likeness (QED) is 0.713. The van der Waals surface area contributed by atoms with Crippen molar-refractivity contribution in [3.8, 4) is 0 Å². The summed E-state index contributed by atoms with van der Waals surface area (Å²) in [4.78, 5) is 12.1. The van der Waals surface area contributed by atoms with E-state index in [0.717, 1.165) is 31.5 Å². The molecule has 3 heteroatoms. The van der Waals surface area contributed by atoms with Crippen LogP contribution in [0.2, 0.25) is 0 Å². The summed E-state index contributed by atoms with van der Waals surface area (Å²) in [6.45, 7) is 9.37. The summed E-state index contributed by atoms with van der Waals surface area (Å²) >= 11 is 0. The lowest BCUT2D eigenvalue weighted by Crippen LogP contribution is -2.25. The Labute approximate surface area is 123 Å². The summed E-state index contributed by atoms with van der Waals surface area (Å²) in [6.07, 6.45) is 3.33. The van der Waals surface area contributed by atoms with Crippen molar-refractivity contribution in [1.82, 2.24) is 5.32 Å². The SMILES string of the molecule is CCc1cccc(CC)c1NC(=O)CCCNC(C)C. The van der Waals surface area contributed by atoms with Gasteiger partial charge in [0.15, 0.2) is 0 Å². The highest BCUT2D eigenvalue weighted by molar-refractivity contribution is 5.92. The van der Waals surface area contributed by atoms with Gasteiger partial charge in [-0.25, -0.2) is 0 Å². The number of amides is 1. The molecule has 0 aromatic heterocycles. The van der Waals surface area contributed by atoms with Crippen LogP contribution in [0, 0.1) is 0 Å². The highest BCUT2D eigenvalue weighted by Crippen LogP contribution is 2.22. The van der Waals surface area contributed by atoms with Crippen LogP contribution in [-0.4, -0.2) is 18.5 Å². The molecule has 1 aromatic carbocycles. The van der Waals surface area contributed by atoms with E-state index in [-0.39, 0.29) is 5.91 Å². The third-order valence-corrected chi connectivity index (χ3v) is 3.40. The molecule has 0 bridgehead atoms. The van der Waals surface area contributed by atoms with Crippen LogP contribution in [-0.2, 0) is 17.6 Å². The van der Waals surface area contributed by atoms with Gasteiger partial charge in [0.05, 0.1) is 0 Å². The summed E-state index contributed by atoms with van der Waals surface area (Å²) in [7, 11) is 0. The molecule has 1 rings (SSSR count). The lowest BCUT2D eigenvalue weighted by atomic mass is 10.0. The van der Waals surface area contributed by atoms with Crippen LogP contribution < -0.4 is 10.6 Å². The smallest absolute Gasteiger partial charge is 0.224 e. The number of carbonyl (C=O) groups excluding carboxylic acids is 1. The third-order valence-electron chi connectivity index (χ3n) is 3.40. The molecule has 0 saturated carbocycles. The number of para-hydroxylation sites is 1. The molecule has 1 aromatic rings. The summed E-state index contributed by atoms with van der Waals surface area (Å²) < 4.78 is 0. The summed E-state index contributed by atoms with van der Waals surface area (Å²) in [5, 5.41) is 6.43. The molecule has 0 heterocycles. The molecule has 3 nitrogen and oxygen atoms in total. The van der Waals surface area contributed by atoms with Crippen molar-refractivity contribution in [2.75, 3.05) is 11.9 Å². The van der Waals surface area contributed by atoms with Gasteiger partial charge in [0, 0.05) is 18.2 Å². The molecule has 0 spiro atoms. The maximum absolute atomic E-state index is 12.1. The van der Waals surface area contributed by atoms with Crippen molar-refractivity contribution in [2.24, 2.45) is 0 Å². The molecule has 0 unspecified atom stereocenters. The molecule has 0 aliphatic heterocycles. The Morgan fingerprint density at radius 2 is 1.75 bits per heavy atom. The molecular weight excluding hydrogens is 248 g/mol. The van der Waals surface area contributed by atoms with E-state index >= 15 is 0 Å². The molecule has 112 valence electrons. The zero-order chi connectivity index (χ0) is 15.0. The van der Waals surface area contributed by atoms with E-state index in [1.54, 1.807) is 0 Å². The third kappa shape index (κ3) is 5.33. The lowest BCUT2D eigenvalue weighted by Gasteiger charge is -2.14. The molecule has 0 aliphatic carbocycles. The normalized spacial score (nSPS) is 10.8. The first-order valence-electron chi connectivity index (χ1n) is 7.72. The Balaban J connectivity index is 2.57. The van der Waals surface area contributed by atoms with Crippen molar-refractivity contribution >= 4 is 11.6 Å². The number of hydrogen-bond acceptors (Lipinski definition) is 2. The largest absolute Gasteiger partial charge is 0.326 e. The average Bonchev–Trinajstić information content (AvgIpc) is 2.43. The highest BCUT2D eigenvalue weighted by atomic mass is 16.1. The minimum atomic E-state index is 0.117. The van der Waals surface area contributed by atoms with Crippen LogP contribution in [0.4, 0.5) is 5.69 Å². The first-order valence-corrected chi connectivity index (χ1v) is 7.72. The molecule has 1 amide bonds. The minimum Gasteiger partial charge on any atom is -0.326 e. The minimum absolute atomic E-state index is 0.117. The van der Waals surface area contributed by atoms with Crippen molar-refractivity contribution in [3.05, 3.63) is 29.3 Å². The van der Waals surface area contributed by atoms with Gasteiger partial charge < -0.3 is 10.6 Å². The van der Waals surface area contributed by atoms with Crippen LogP contribution in [0.15, 0.2) is 18.2 Å². The molecule has 0 radical (unpaired) electrons. The van der Waals surface area contributed by atoms with Crippen LogP contribution in [0.1, 0.15) is 51.7 Å². The molecule has 0 aliphatic rings. The second-order valence-electron chi connectivity index (χ2n) is 5.42. The Morgan fingerprint density at radius 1 is 1.15 bits per heavy atom. The van der Waals surface area contributed by atoms with Crippen LogP contribution in [0.5, 0.6) is 0 Å². The summed E-state index contributed by atoms with van der Waals surface area (Å²) in [5.74, 6) is 0.117. The molecule has 0 fully saturated rings. The van der Waals surface area contributed by atoms with E-state index in [9.17, 15) is 4.79 Å². The van der Waals surface area contributed by atoms with Crippen LogP contribution >= 0.6 is 0 Å². The predicted octanol–water partition coefficient (Wildman–Crippen LogP) is 3.53. The highest BCUT2D eigenvalue weighted by Gasteiger charge is 2.09. The van der Waals surface area contributed by atoms with E-state index in [1.807, 2.05) is 0 Å². The Morgan fingerprint density at radius 3 is 2.25 bits per heavy atom. The monoisotopic (exact) mass is 276 g/mol. The number of aryl methyl sites for hydroxylation is 2. The zero-order valence-corrected chi connectivity index (χ0v) is 13.3. The van der Waals surface area contributed by atoms with Gasteiger partial charge in [-0.05, 0) is 36.9 Å². The molecule has 20 heavy (non-hydrogen) atoms. The van der Waals surface area contributed by atoms with E-state index in [4.69, 9.17) is 0 Å². The number of carbonyl (C=O) groups is 1. The lowest BCUT2D eigenvalue weighted by molar-refractivity contribution is -0.116. The second kappa shape index (κ2) is 8.75. The maximum Gasteiger partial charge on any atom is 0.224 e. The molecule has 0 atom stereocenters. The topological polar surface area (TPSA) is 41.1 Å². The van der Waals surface area contributed by atoms with Gasteiger partial charge in [0.1, 0.15) is 0 Å². The summed E-state index contributed by atoms with van der Waals surface area (Å²) in [6, 6.07) is 6.73. The zero-order valence-electron chi connectivity index (χ0n) is 13.3. The fourth-order valence-corrected chi connectivity index (χ4v) is 2.24. The van der Waals surface area contributed by atoms with Gasteiger partial charge in [0.2, 0.25) is 5.91 Å². The fraction of sp³-hybridized carbons (Fsp3) is 0.588. The van der Waals surface area contributed by atoms with Crippen LogP contribution in [0.3, 0.4) is 0 Å². The number of nitrogens with one attached hydrogen (secondary N) is 2. The van der Waals surface area contributed by atoms with Gasteiger partial charge >= 0.3 is 0 Å². The van der Waals surface area contributed by atoms with Gasteiger partial charge in [-0.15, -0.1) is 0 Å². The average molecular weight is 276 g/mol. The summed E-state index contributed by atoms with van der Waals surface area (Å²) in [5.41, 5.74) is 3.47. The number of benzene rings is 1. The first-order chi connectivity index (χ1) is 9.58. The molecule has 2 N–H and O–H groups in total. The van der Waals surface area contributed by atoms with E-state index in [2.05, 4.69) is 56.5 Å². The van der Waals surface area contributed by atoms with Crippen molar-refractivity contribution in [3.63, 3.8) is 0 Å². The van der Waals surface area contributed by atoms with Gasteiger partial charge in [-0.3, -0.25) is 4.79 Å². The number of rotatable bonds is 8. The predicted molar refractivity (Wildman–Crippen MR) is 86.2 cm³/mol. The van der Waals surface area contributed by atoms with Gasteiger partial charge in [-0.1, -0.05) is 45.9 Å². The van der Waals surface area contributed by atoms with Crippen molar-refractivity contribution in [2.45, 2.75) is 59.4 Å². The Hall–Kier alpha value is -1.35. The fourth-order valence-electron chi connectivity index (χ4n) is 2.24. The molecule has 0 saturated heterocycles. The second-order valence-corrected chi connectivity index (χ2v) is 5.42. The maximum atomic E-state index is 12.1. The van der Waals surface area contributed by atoms with Crippen molar-refractivity contribution < 1.29 is 4.79 Å². The van der Waals surface area contributed by atoms with E-state index in [0.29, 0.717) is 12.5 Å². The van der Waals surface area contributed by atoms with Crippen LogP contribution in [0.25, 0.3) is 0 Å². The Bertz CT molecular complexity index is 405. The van der Waals surface area contributed by atoms with Crippen molar-refractivity contribution in [1.29, 1.82) is 0 Å². The first kappa shape index (κ1) is 16.7. The standard InChI is InChI=1S/C17H28N2O/c1-5-14-9-7-10-15(6-2)17(14)19-16(20)11-8-12-18-13(3)4/h7,9-10,13,18H,5-6,8,11-12H2,1-4H3,(H,19,20). The van der Waals surface area contributed by atoms with E-state index in [1.165, 1.54) is 11.1 Å². The molecular formula is C17H28N2O.